The Morgan fingerprint density at radius 2 is 1.63 bits per heavy atom. The molecule has 0 heterocycles. The molecular weight excluding hydrogens is 444 g/mol. The van der Waals surface area contributed by atoms with Gasteiger partial charge in [0.25, 0.3) is 0 Å². The van der Waals surface area contributed by atoms with E-state index in [0.717, 1.165) is 22.3 Å². The highest BCUT2D eigenvalue weighted by Crippen LogP contribution is 2.44. The van der Waals surface area contributed by atoms with Crippen molar-refractivity contribution in [1.82, 2.24) is 10.6 Å². The van der Waals surface area contributed by atoms with Gasteiger partial charge >= 0.3 is 12.1 Å². The van der Waals surface area contributed by atoms with Crippen LogP contribution < -0.4 is 10.6 Å². The summed E-state index contributed by atoms with van der Waals surface area (Å²) in [6.07, 6.45) is 2.62. The number of rotatable bonds is 12. The first-order valence-corrected chi connectivity index (χ1v) is 12.1. The van der Waals surface area contributed by atoms with Crippen molar-refractivity contribution in [3.63, 3.8) is 0 Å². The number of hydrogen-bond donors (Lipinski definition) is 3. The van der Waals surface area contributed by atoms with Crippen LogP contribution in [-0.2, 0) is 14.3 Å². The van der Waals surface area contributed by atoms with Crippen LogP contribution in [0.3, 0.4) is 0 Å². The fourth-order valence-corrected chi connectivity index (χ4v) is 4.65. The molecule has 35 heavy (non-hydrogen) atoms. The molecule has 7 heteroatoms. The van der Waals surface area contributed by atoms with E-state index < -0.39 is 29.4 Å². The number of benzene rings is 2. The van der Waals surface area contributed by atoms with Crippen LogP contribution in [-0.4, -0.2) is 42.3 Å². The number of aliphatic carboxylic acids is 1. The number of nitrogens with one attached hydrogen (secondary N) is 2. The maximum absolute atomic E-state index is 13.1. The molecule has 0 saturated carbocycles. The van der Waals surface area contributed by atoms with Crippen LogP contribution in [0.25, 0.3) is 11.1 Å². The highest BCUT2D eigenvalue weighted by Gasteiger charge is 2.37. The molecule has 186 valence electrons. The molecule has 0 aliphatic heterocycles. The molecule has 0 radical (unpaired) electrons. The van der Waals surface area contributed by atoms with Crippen molar-refractivity contribution in [3.8, 4) is 11.1 Å². The Labute approximate surface area is 206 Å². The summed E-state index contributed by atoms with van der Waals surface area (Å²) in [5.74, 6) is -1.54. The number of fused-ring (bicyclic) bond motifs is 3. The van der Waals surface area contributed by atoms with Crippen molar-refractivity contribution < 1.29 is 24.2 Å². The predicted octanol–water partition coefficient (Wildman–Crippen LogP) is 4.87. The first-order chi connectivity index (χ1) is 16.9. The molecule has 0 aromatic heterocycles. The summed E-state index contributed by atoms with van der Waals surface area (Å²) in [6.45, 7) is 7.54. The number of carboxylic acid groups (broad SMARTS) is 1. The lowest BCUT2D eigenvalue weighted by atomic mass is 9.81. The lowest BCUT2D eigenvalue weighted by Gasteiger charge is -2.31. The Hall–Kier alpha value is -3.61. The molecule has 7 nitrogen and oxygen atoms in total. The Morgan fingerprint density at radius 3 is 2.14 bits per heavy atom. The Balaban J connectivity index is 1.62. The lowest BCUT2D eigenvalue weighted by molar-refractivity contribution is -0.144. The van der Waals surface area contributed by atoms with Gasteiger partial charge in [-0.3, -0.25) is 4.79 Å². The van der Waals surface area contributed by atoms with Gasteiger partial charge < -0.3 is 20.5 Å². The Kier molecular flexibility index (Phi) is 8.68. The third-order valence-corrected chi connectivity index (χ3v) is 7.01. The van der Waals surface area contributed by atoms with Gasteiger partial charge in [0.2, 0.25) is 5.91 Å². The van der Waals surface area contributed by atoms with E-state index in [1.165, 1.54) is 0 Å². The van der Waals surface area contributed by atoms with E-state index in [0.29, 0.717) is 19.3 Å². The van der Waals surface area contributed by atoms with Crippen LogP contribution in [0, 0.1) is 5.41 Å². The SMILES string of the molecule is C=CCCC(NC(=O)C(CC)(CC)CNC(=O)OCC1c2ccccc2-c2ccccc21)C(=O)O. The number of amides is 2. The predicted molar refractivity (Wildman–Crippen MR) is 135 cm³/mol. The van der Waals surface area contributed by atoms with Gasteiger partial charge in [-0.1, -0.05) is 68.5 Å². The number of carbonyl (C=O) groups excluding carboxylic acids is 2. The van der Waals surface area contributed by atoms with Gasteiger partial charge in [-0.25, -0.2) is 9.59 Å². The van der Waals surface area contributed by atoms with Gasteiger partial charge in [0.05, 0.1) is 5.41 Å². The van der Waals surface area contributed by atoms with Gasteiger partial charge in [-0.2, -0.15) is 0 Å². The summed E-state index contributed by atoms with van der Waals surface area (Å²) in [6, 6.07) is 15.2. The van der Waals surface area contributed by atoms with Crippen molar-refractivity contribution in [1.29, 1.82) is 0 Å². The van der Waals surface area contributed by atoms with E-state index >= 15 is 0 Å². The zero-order chi connectivity index (χ0) is 25.4. The lowest BCUT2D eigenvalue weighted by Crippen LogP contribution is -2.52. The van der Waals surface area contributed by atoms with Crippen molar-refractivity contribution in [2.45, 2.75) is 51.5 Å². The first-order valence-electron chi connectivity index (χ1n) is 12.1. The zero-order valence-electron chi connectivity index (χ0n) is 20.4. The van der Waals surface area contributed by atoms with Crippen LogP contribution in [0.2, 0.25) is 0 Å². The van der Waals surface area contributed by atoms with Crippen LogP contribution in [0.15, 0.2) is 61.2 Å². The minimum Gasteiger partial charge on any atom is -0.480 e. The van der Waals surface area contributed by atoms with E-state index in [-0.39, 0.29) is 25.5 Å². The molecule has 3 rings (SSSR count). The third-order valence-electron chi connectivity index (χ3n) is 7.01. The summed E-state index contributed by atoms with van der Waals surface area (Å²) in [7, 11) is 0. The second-order valence-corrected chi connectivity index (χ2v) is 8.90. The quantitative estimate of drug-likeness (QED) is 0.378. The van der Waals surface area contributed by atoms with Crippen molar-refractivity contribution in [2.24, 2.45) is 5.41 Å². The van der Waals surface area contributed by atoms with Gasteiger partial charge in [-0.15, -0.1) is 6.58 Å². The molecule has 2 aromatic rings. The molecule has 1 unspecified atom stereocenters. The fraction of sp³-hybridized carbons (Fsp3) is 0.393. The second kappa shape index (κ2) is 11.7. The monoisotopic (exact) mass is 478 g/mol. The van der Waals surface area contributed by atoms with Crippen LogP contribution in [0.4, 0.5) is 4.79 Å². The van der Waals surface area contributed by atoms with E-state index in [9.17, 15) is 19.5 Å². The Morgan fingerprint density at radius 1 is 1.06 bits per heavy atom. The largest absolute Gasteiger partial charge is 0.480 e. The minimum absolute atomic E-state index is 0.0519. The smallest absolute Gasteiger partial charge is 0.407 e. The van der Waals surface area contributed by atoms with E-state index in [1.54, 1.807) is 6.08 Å². The summed E-state index contributed by atoms with van der Waals surface area (Å²) in [5, 5.41) is 14.8. The van der Waals surface area contributed by atoms with Gasteiger partial charge in [0, 0.05) is 12.5 Å². The number of allylic oxidation sites excluding steroid dienone is 1. The molecule has 3 N–H and O–H groups in total. The van der Waals surface area contributed by atoms with E-state index in [2.05, 4.69) is 41.5 Å². The summed E-state index contributed by atoms with van der Waals surface area (Å²) < 4.78 is 5.59. The van der Waals surface area contributed by atoms with Gasteiger partial charge in [0.15, 0.2) is 0 Å². The standard InChI is InChI=1S/C28H34N2O5/c1-4-7-16-24(25(31)32)30-26(33)28(5-2,6-3)18-29-27(34)35-17-23-21-14-10-8-12-19(21)20-13-9-11-15-22(20)23/h4,8-15,23-24H,1,5-7,16-18H2,2-3H3,(H,29,34)(H,30,33)(H,31,32). The average Bonchev–Trinajstić information content (AvgIpc) is 3.19. The maximum Gasteiger partial charge on any atom is 0.407 e. The zero-order valence-corrected chi connectivity index (χ0v) is 20.4. The van der Waals surface area contributed by atoms with Crippen LogP contribution in [0.5, 0.6) is 0 Å². The van der Waals surface area contributed by atoms with Crippen molar-refractivity contribution >= 4 is 18.0 Å². The van der Waals surface area contributed by atoms with Crippen LogP contribution >= 0.6 is 0 Å². The number of ether oxygens (including phenoxy) is 1. The molecule has 1 atom stereocenters. The second-order valence-electron chi connectivity index (χ2n) is 8.90. The van der Waals surface area contributed by atoms with Crippen molar-refractivity contribution in [2.75, 3.05) is 13.2 Å². The first kappa shape index (κ1) is 26.0. The molecule has 0 saturated heterocycles. The highest BCUT2D eigenvalue weighted by atomic mass is 16.5. The molecule has 1 aliphatic carbocycles. The number of carbonyl (C=O) groups is 3. The molecule has 2 aromatic carbocycles. The number of hydrogen-bond acceptors (Lipinski definition) is 4. The molecule has 0 bridgehead atoms. The molecular formula is C28H34N2O5. The topological polar surface area (TPSA) is 105 Å². The number of alkyl carbamates (subject to hydrolysis) is 1. The summed E-state index contributed by atoms with van der Waals surface area (Å²) in [5.41, 5.74) is 3.60. The van der Waals surface area contributed by atoms with Gasteiger partial charge in [0.1, 0.15) is 12.6 Å². The normalized spacial score (nSPS) is 13.3. The summed E-state index contributed by atoms with van der Waals surface area (Å²) >= 11 is 0. The average molecular weight is 479 g/mol. The minimum atomic E-state index is -1.09. The molecule has 2 amide bonds. The van der Waals surface area contributed by atoms with Gasteiger partial charge in [-0.05, 0) is 47.9 Å². The van der Waals surface area contributed by atoms with Crippen LogP contribution in [0.1, 0.15) is 56.6 Å². The number of carboxylic acids is 1. The summed E-state index contributed by atoms with van der Waals surface area (Å²) in [4.78, 5) is 37.3. The third kappa shape index (κ3) is 5.73. The maximum atomic E-state index is 13.1. The molecule has 0 fully saturated rings. The highest BCUT2D eigenvalue weighted by molar-refractivity contribution is 5.88. The van der Waals surface area contributed by atoms with E-state index in [1.807, 2.05) is 38.1 Å². The molecule has 1 aliphatic rings. The van der Waals surface area contributed by atoms with Crippen molar-refractivity contribution in [3.05, 3.63) is 72.3 Å². The fourth-order valence-electron chi connectivity index (χ4n) is 4.65. The molecule has 0 spiro atoms. The Bertz CT molecular complexity index is 1030. The van der Waals surface area contributed by atoms with E-state index in [4.69, 9.17) is 4.74 Å².